The summed E-state index contributed by atoms with van der Waals surface area (Å²) < 4.78 is 9.75. The number of hydrogen-bond donors (Lipinski definition) is 0. The van der Waals surface area contributed by atoms with Crippen LogP contribution in [0.4, 0.5) is 0 Å². The molecule has 0 aliphatic carbocycles. The van der Waals surface area contributed by atoms with Crippen LogP contribution in [0, 0.1) is 5.92 Å². The largest absolute Gasteiger partial charge is 0.465 e. The molecule has 0 aliphatic rings. The Hall–Kier alpha value is -1.84. The third-order valence-electron chi connectivity index (χ3n) is 2.22. The van der Waals surface area contributed by atoms with Crippen LogP contribution in [-0.2, 0) is 25.7 Å². The molecule has 0 aliphatic heterocycles. The number of carbonyl (C=O) groups excluding carboxylic acids is 2. The Morgan fingerprint density at radius 1 is 1.12 bits per heavy atom. The number of ether oxygens (including phenoxy) is 2. The second kappa shape index (κ2) is 6.68. The second-order valence-corrected chi connectivity index (χ2v) is 3.57. The number of esters is 2. The predicted octanol–water partition coefficient (Wildman–Crippen LogP) is 1.93. The average molecular weight is 236 g/mol. The zero-order valence-corrected chi connectivity index (χ0v) is 10.0. The highest BCUT2D eigenvalue weighted by Crippen LogP contribution is 2.06. The van der Waals surface area contributed by atoms with E-state index in [0.717, 1.165) is 5.56 Å². The summed E-state index contributed by atoms with van der Waals surface area (Å²) in [7, 11) is 0. The van der Waals surface area contributed by atoms with Crippen molar-refractivity contribution in [2.45, 2.75) is 20.5 Å². The molecule has 0 N–H and O–H groups in total. The monoisotopic (exact) mass is 236 g/mol. The summed E-state index contributed by atoms with van der Waals surface area (Å²) >= 11 is 0. The Labute approximate surface area is 101 Å². The third kappa shape index (κ3) is 4.26. The van der Waals surface area contributed by atoms with Gasteiger partial charge in [-0.15, -0.1) is 0 Å². The van der Waals surface area contributed by atoms with E-state index in [1.165, 1.54) is 6.92 Å². The Morgan fingerprint density at radius 3 is 2.29 bits per heavy atom. The fraction of sp³-hybridized carbons (Fsp3) is 0.385. The van der Waals surface area contributed by atoms with Gasteiger partial charge in [0.2, 0.25) is 0 Å². The summed E-state index contributed by atoms with van der Waals surface area (Å²) in [5.74, 6) is -1.99. The van der Waals surface area contributed by atoms with Gasteiger partial charge >= 0.3 is 11.9 Å². The fourth-order valence-electron chi connectivity index (χ4n) is 1.22. The van der Waals surface area contributed by atoms with Gasteiger partial charge in [0.25, 0.3) is 0 Å². The van der Waals surface area contributed by atoms with E-state index in [2.05, 4.69) is 0 Å². The fourth-order valence-corrected chi connectivity index (χ4v) is 1.22. The second-order valence-electron chi connectivity index (χ2n) is 3.57. The van der Waals surface area contributed by atoms with E-state index >= 15 is 0 Å². The number of rotatable bonds is 5. The molecule has 0 fully saturated rings. The van der Waals surface area contributed by atoms with Crippen LogP contribution in [0.2, 0.25) is 0 Å². The summed E-state index contributed by atoms with van der Waals surface area (Å²) in [6.45, 7) is 3.60. The van der Waals surface area contributed by atoms with Gasteiger partial charge in [-0.25, -0.2) is 0 Å². The summed E-state index contributed by atoms with van der Waals surface area (Å²) in [5.41, 5.74) is 0.886. The van der Waals surface area contributed by atoms with Crippen LogP contribution in [0.3, 0.4) is 0 Å². The van der Waals surface area contributed by atoms with Gasteiger partial charge in [0.15, 0.2) is 5.92 Å². The van der Waals surface area contributed by atoms with Crippen molar-refractivity contribution in [3.8, 4) is 0 Å². The van der Waals surface area contributed by atoms with Crippen LogP contribution in [-0.4, -0.2) is 18.5 Å². The van der Waals surface area contributed by atoms with Gasteiger partial charge in [0.05, 0.1) is 6.61 Å². The molecule has 4 heteroatoms. The van der Waals surface area contributed by atoms with Gasteiger partial charge in [-0.2, -0.15) is 0 Å². The highest BCUT2D eigenvalue weighted by Gasteiger charge is 2.24. The molecule has 0 radical (unpaired) electrons. The summed E-state index contributed by atoms with van der Waals surface area (Å²) in [6.07, 6.45) is 0. The quantitative estimate of drug-likeness (QED) is 0.579. The minimum atomic E-state index is -0.876. The van der Waals surface area contributed by atoms with Crippen LogP contribution in [0.1, 0.15) is 19.4 Å². The van der Waals surface area contributed by atoms with Gasteiger partial charge in [0.1, 0.15) is 6.61 Å². The molecule has 1 rings (SSSR count). The lowest BCUT2D eigenvalue weighted by atomic mass is 10.2. The van der Waals surface area contributed by atoms with Gasteiger partial charge in [-0.1, -0.05) is 30.3 Å². The maximum atomic E-state index is 11.5. The Balaban J connectivity index is 2.42. The van der Waals surface area contributed by atoms with Crippen LogP contribution in [0.15, 0.2) is 30.3 Å². The van der Waals surface area contributed by atoms with Gasteiger partial charge < -0.3 is 9.47 Å². The zero-order chi connectivity index (χ0) is 12.7. The molecule has 1 aromatic rings. The van der Waals surface area contributed by atoms with Crippen LogP contribution in [0.5, 0.6) is 0 Å². The van der Waals surface area contributed by atoms with Crippen molar-refractivity contribution < 1.29 is 19.1 Å². The zero-order valence-electron chi connectivity index (χ0n) is 10.0. The summed E-state index contributed by atoms with van der Waals surface area (Å²) in [5, 5.41) is 0. The first-order valence-electron chi connectivity index (χ1n) is 5.52. The molecule has 0 amide bonds. The number of benzene rings is 1. The minimum absolute atomic E-state index is 0.170. The van der Waals surface area contributed by atoms with Crippen LogP contribution < -0.4 is 0 Å². The van der Waals surface area contributed by atoms with Crippen molar-refractivity contribution in [1.82, 2.24) is 0 Å². The molecule has 1 aromatic carbocycles. The molecular weight excluding hydrogens is 220 g/mol. The maximum absolute atomic E-state index is 11.5. The lowest BCUT2D eigenvalue weighted by Gasteiger charge is -2.10. The van der Waals surface area contributed by atoms with E-state index in [1.54, 1.807) is 6.92 Å². The van der Waals surface area contributed by atoms with Crippen molar-refractivity contribution in [2.24, 2.45) is 5.92 Å². The maximum Gasteiger partial charge on any atom is 0.320 e. The smallest absolute Gasteiger partial charge is 0.320 e. The first kappa shape index (κ1) is 13.2. The number of carbonyl (C=O) groups is 2. The van der Waals surface area contributed by atoms with Crippen molar-refractivity contribution in [3.63, 3.8) is 0 Å². The molecule has 0 saturated carbocycles. The molecule has 4 nitrogen and oxygen atoms in total. The topological polar surface area (TPSA) is 52.6 Å². The van der Waals surface area contributed by atoms with Gasteiger partial charge in [-0.05, 0) is 19.4 Å². The Morgan fingerprint density at radius 2 is 1.71 bits per heavy atom. The van der Waals surface area contributed by atoms with Crippen LogP contribution in [0.25, 0.3) is 0 Å². The molecule has 92 valence electrons. The van der Waals surface area contributed by atoms with E-state index in [-0.39, 0.29) is 13.2 Å². The standard InChI is InChI=1S/C13H16O4/c1-3-16-12(14)10(2)13(15)17-9-11-7-5-4-6-8-11/h4-8,10H,3,9H2,1-2H3. The van der Waals surface area contributed by atoms with Crippen molar-refractivity contribution in [3.05, 3.63) is 35.9 Å². The van der Waals surface area contributed by atoms with Crippen LogP contribution >= 0.6 is 0 Å². The van der Waals surface area contributed by atoms with Crippen molar-refractivity contribution in [1.29, 1.82) is 0 Å². The average Bonchev–Trinajstić information content (AvgIpc) is 2.36. The van der Waals surface area contributed by atoms with E-state index in [0.29, 0.717) is 0 Å². The molecule has 0 heterocycles. The predicted molar refractivity (Wildman–Crippen MR) is 62.0 cm³/mol. The molecule has 1 atom stereocenters. The summed E-state index contributed by atoms with van der Waals surface area (Å²) in [4.78, 5) is 22.8. The lowest BCUT2D eigenvalue weighted by Crippen LogP contribution is -2.25. The Bertz CT molecular complexity index is 372. The van der Waals surface area contributed by atoms with E-state index in [4.69, 9.17) is 9.47 Å². The molecule has 0 aromatic heterocycles. The molecule has 17 heavy (non-hydrogen) atoms. The summed E-state index contributed by atoms with van der Waals surface area (Å²) in [6, 6.07) is 9.30. The van der Waals surface area contributed by atoms with E-state index in [9.17, 15) is 9.59 Å². The molecule has 0 saturated heterocycles. The number of hydrogen-bond acceptors (Lipinski definition) is 4. The molecule has 0 spiro atoms. The van der Waals surface area contributed by atoms with Gasteiger partial charge in [-0.3, -0.25) is 9.59 Å². The molecular formula is C13H16O4. The highest BCUT2D eigenvalue weighted by atomic mass is 16.6. The van der Waals surface area contributed by atoms with Gasteiger partial charge in [0, 0.05) is 0 Å². The lowest BCUT2D eigenvalue weighted by molar-refractivity contribution is -0.161. The third-order valence-corrected chi connectivity index (χ3v) is 2.22. The first-order valence-corrected chi connectivity index (χ1v) is 5.52. The minimum Gasteiger partial charge on any atom is -0.465 e. The normalized spacial score (nSPS) is 11.6. The highest BCUT2D eigenvalue weighted by molar-refractivity contribution is 5.94. The van der Waals surface area contributed by atoms with E-state index in [1.807, 2.05) is 30.3 Å². The first-order chi connectivity index (χ1) is 8.15. The molecule has 1 unspecified atom stereocenters. The SMILES string of the molecule is CCOC(=O)C(C)C(=O)OCc1ccccc1. The van der Waals surface area contributed by atoms with Crippen molar-refractivity contribution in [2.75, 3.05) is 6.61 Å². The van der Waals surface area contributed by atoms with Crippen molar-refractivity contribution >= 4 is 11.9 Å². The van der Waals surface area contributed by atoms with E-state index < -0.39 is 17.9 Å². The Kier molecular flexibility index (Phi) is 5.20. The molecule has 0 bridgehead atoms.